The van der Waals surface area contributed by atoms with E-state index in [0.717, 1.165) is 0 Å². The van der Waals surface area contributed by atoms with Crippen molar-refractivity contribution in [1.29, 1.82) is 0 Å². The SMILES string of the molecule is CC1(C)c2ccc(-c3ccc(-c4c5ccccc5c(-c5ccccc5)c5ccccc45)c4ccccc34)cc2-c2cc3c(ccc4c5ccccc5sc34)cc21. The molecule has 0 unspecified atom stereocenters. The highest BCUT2D eigenvalue weighted by Crippen LogP contribution is 2.53. The van der Waals surface area contributed by atoms with Crippen LogP contribution in [0, 0.1) is 0 Å². The Morgan fingerprint density at radius 1 is 0.339 bits per heavy atom. The molecule has 56 heavy (non-hydrogen) atoms. The summed E-state index contributed by atoms with van der Waals surface area (Å²) < 4.78 is 2.73. The molecule has 0 amide bonds. The molecule has 1 aliphatic carbocycles. The lowest BCUT2D eigenvalue weighted by atomic mass is 9.81. The van der Waals surface area contributed by atoms with Gasteiger partial charge >= 0.3 is 0 Å². The number of thiophene rings is 1. The molecule has 10 aromatic carbocycles. The summed E-state index contributed by atoms with van der Waals surface area (Å²) in [6.45, 7) is 4.78. The molecule has 1 heteroatoms. The van der Waals surface area contributed by atoms with Crippen LogP contribution in [0.15, 0.2) is 182 Å². The summed E-state index contributed by atoms with van der Waals surface area (Å²) in [6, 6.07) is 68.2. The lowest BCUT2D eigenvalue weighted by molar-refractivity contribution is 0.661. The van der Waals surface area contributed by atoms with Gasteiger partial charge in [-0.2, -0.15) is 0 Å². The Morgan fingerprint density at radius 3 is 1.62 bits per heavy atom. The van der Waals surface area contributed by atoms with Crippen LogP contribution < -0.4 is 0 Å². The highest BCUT2D eigenvalue weighted by molar-refractivity contribution is 7.26. The van der Waals surface area contributed by atoms with E-state index in [1.807, 2.05) is 11.3 Å². The minimum atomic E-state index is -0.0908. The first-order valence-corrected chi connectivity index (χ1v) is 20.4. The van der Waals surface area contributed by atoms with E-state index in [-0.39, 0.29) is 5.41 Å². The highest BCUT2D eigenvalue weighted by Gasteiger charge is 2.36. The third kappa shape index (κ3) is 4.41. The van der Waals surface area contributed by atoms with Gasteiger partial charge in [0.1, 0.15) is 0 Å². The molecule has 1 aromatic heterocycles. The van der Waals surface area contributed by atoms with Crippen molar-refractivity contribution in [2.24, 2.45) is 0 Å². The lowest BCUT2D eigenvalue weighted by Crippen LogP contribution is -2.14. The van der Waals surface area contributed by atoms with E-state index in [9.17, 15) is 0 Å². The van der Waals surface area contributed by atoms with Crippen LogP contribution in [0.3, 0.4) is 0 Å². The van der Waals surface area contributed by atoms with Crippen molar-refractivity contribution in [1.82, 2.24) is 0 Å². The van der Waals surface area contributed by atoms with Crippen LogP contribution in [-0.4, -0.2) is 0 Å². The molecule has 1 aliphatic rings. The Balaban J connectivity index is 1.07. The summed E-state index contributed by atoms with van der Waals surface area (Å²) in [4.78, 5) is 0. The van der Waals surface area contributed by atoms with Crippen LogP contribution in [0.5, 0.6) is 0 Å². The fourth-order valence-corrected chi connectivity index (χ4v) is 11.3. The van der Waals surface area contributed by atoms with Gasteiger partial charge in [0.2, 0.25) is 0 Å². The Labute approximate surface area is 329 Å². The van der Waals surface area contributed by atoms with Gasteiger partial charge in [0.15, 0.2) is 0 Å². The molecule has 0 saturated carbocycles. The van der Waals surface area contributed by atoms with E-state index >= 15 is 0 Å². The van der Waals surface area contributed by atoms with Gasteiger partial charge in [-0.15, -0.1) is 11.3 Å². The Kier molecular flexibility index (Phi) is 6.66. The second kappa shape index (κ2) is 11.7. The molecule has 0 fully saturated rings. The monoisotopic (exact) mass is 728 g/mol. The van der Waals surface area contributed by atoms with E-state index in [4.69, 9.17) is 0 Å². The fraction of sp³-hybridized carbons (Fsp3) is 0.0545. The van der Waals surface area contributed by atoms with Gasteiger partial charge in [-0.3, -0.25) is 0 Å². The Morgan fingerprint density at radius 2 is 0.911 bits per heavy atom. The first kappa shape index (κ1) is 31.8. The molecule has 0 N–H and O–H groups in total. The van der Waals surface area contributed by atoms with E-state index in [0.29, 0.717) is 0 Å². The molecule has 1 heterocycles. The zero-order valence-corrected chi connectivity index (χ0v) is 32.0. The van der Waals surface area contributed by atoms with Crippen molar-refractivity contribution < 1.29 is 0 Å². The van der Waals surface area contributed by atoms with Gasteiger partial charge in [0.25, 0.3) is 0 Å². The van der Waals surface area contributed by atoms with E-state index in [2.05, 4.69) is 196 Å². The van der Waals surface area contributed by atoms with E-state index in [1.165, 1.54) is 119 Å². The van der Waals surface area contributed by atoms with Crippen molar-refractivity contribution in [2.45, 2.75) is 19.3 Å². The largest absolute Gasteiger partial charge is 0.135 e. The van der Waals surface area contributed by atoms with Crippen molar-refractivity contribution >= 4 is 74.6 Å². The predicted octanol–water partition coefficient (Wildman–Crippen LogP) is 16.0. The molecule has 0 spiro atoms. The smallest absolute Gasteiger partial charge is 0.0434 e. The zero-order chi connectivity index (χ0) is 37.1. The van der Waals surface area contributed by atoms with Crippen molar-refractivity contribution in [3.8, 4) is 44.5 Å². The molecule has 0 nitrogen and oxygen atoms in total. The normalized spacial score (nSPS) is 13.3. The molecule has 0 bridgehead atoms. The molecule has 11 aromatic rings. The summed E-state index contributed by atoms with van der Waals surface area (Å²) in [6.07, 6.45) is 0. The Bertz CT molecular complexity index is 3380. The second-order valence-electron chi connectivity index (χ2n) is 16.0. The summed E-state index contributed by atoms with van der Waals surface area (Å²) in [7, 11) is 0. The molecule has 262 valence electrons. The maximum Gasteiger partial charge on any atom is 0.0434 e. The molecular formula is C55H36S. The van der Waals surface area contributed by atoms with Crippen LogP contribution in [0.1, 0.15) is 25.0 Å². The summed E-state index contributed by atoms with van der Waals surface area (Å²) in [5.74, 6) is 0. The number of rotatable bonds is 3. The van der Waals surface area contributed by atoms with Crippen LogP contribution in [-0.2, 0) is 5.41 Å². The molecule has 0 aliphatic heterocycles. The minimum Gasteiger partial charge on any atom is -0.135 e. The van der Waals surface area contributed by atoms with Gasteiger partial charge in [-0.05, 0) is 118 Å². The average Bonchev–Trinajstić information content (AvgIpc) is 3.73. The third-order valence-corrected chi connectivity index (χ3v) is 13.9. The maximum atomic E-state index is 2.50. The average molecular weight is 729 g/mol. The van der Waals surface area contributed by atoms with Crippen LogP contribution in [0.2, 0.25) is 0 Å². The van der Waals surface area contributed by atoms with Crippen LogP contribution >= 0.6 is 11.3 Å². The zero-order valence-electron chi connectivity index (χ0n) is 31.2. The Hall–Kier alpha value is -6.54. The van der Waals surface area contributed by atoms with Gasteiger partial charge < -0.3 is 0 Å². The quantitative estimate of drug-likeness (QED) is 0.159. The van der Waals surface area contributed by atoms with E-state index < -0.39 is 0 Å². The topological polar surface area (TPSA) is 0 Å². The van der Waals surface area contributed by atoms with Crippen LogP contribution in [0.25, 0.3) is 108 Å². The maximum absolute atomic E-state index is 2.50. The predicted molar refractivity (Wildman–Crippen MR) is 243 cm³/mol. The molecular weight excluding hydrogens is 693 g/mol. The molecule has 0 saturated heterocycles. The summed E-state index contributed by atoms with van der Waals surface area (Å²) >= 11 is 1.92. The second-order valence-corrected chi connectivity index (χ2v) is 17.0. The third-order valence-electron chi connectivity index (χ3n) is 12.7. The van der Waals surface area contributed by atoms with Gasteiger partial charge in [-0.1, -0.05) is 172 Å². The first-order chi connectivity index (χ1) is 27.5. The summed E-state index contributed by atoms with van der Waals surface area (Å²) in [5.41, 5.74) is 13.1. The minimum absolute atomic E-state index is 0.0908. The number of hydrogen-bond acceptors (Lipinski definition) is 1. The fourth-order valence-electron chi connectivity index (χ4n) is 10.0. The van der Waals surface area contributed by atoms with Crippen molar-refractivity contribution in [3.05, 3.63) is 193 Å². The van der Waals surface area contributed by atoms with Gasteiger partial charge in [0.05, 0.1) is 0 Å². The number of benzene rings is 10. The number of hydrogen-bond donors (Lipinski definition) is 0. The van der Waals surface area contributed by atoms with Crippen molar-refractivity contribution in [3.63, 3.8) is 0 Å². The van der Waals surface area contributed by atoms with Crippen LogP contribution in [0.4, 0.5) is 0 Å². The number of fused-ring (bicyclic) bond motifs is 11. The molecule has 0 atom stereocenters. The van der Waals surface area contributed by atoms with Crippen molar-refractivity contribution in [2.75, 3.05) is 0 Å². The summed E-state index contributed by atoms with van der Waals surface area (Å²) in [5, 5.41) is 13.0. The van der Waals surface area contributed by atoms with Gasteiger partial charge in [-0.25, -0.2) is 0 Å². The van der Waals surface area contributed by atoms with Gasteiger partial charge in [0, 0.05) is 31.0 Å². The lowest BCUT2D eigenvalue weighted by Gasteiger charge is -2.22. The highest BCUT2D eigenvalue weighted by atomic mass is 32.1. The molecule has 12 rings (SSSR count). The molecule has 0 radical (unpaired) electrons. The standard InChI is InChI=1S/C55H36S/c1-55(2)49-29-25-34(30-47(49)48-32-46-35(31-50(48)55)24-26-45-39-18-12-13-23-51(39)56-54(45)46)36-27-28-44(38-17-7-6-16-37(36)38)53-42-21-10-8-19-40(42)52(33-14-4-3-5-15-33)41-20-9-11-22-43(41)53/h3-32H,1-2H3. The first-order valence-electron chi connectivity index (χ1n) is 19.6. The van der Waals surface area contributed by atoms with E-state index in [1.54, 1.807) is 0 Å².